The number of halogens is 4. The van der Waals surface area contributed by atoms with E-state index in [0.29, 0.717) is 19.2 Å². The van der Waals surface area contributed by atoms with E-state index in [-0.39, 0.29) is 13.1 Å². The van der Waals surface area contributed by atoms with E-state index in [1.54, 1.807) is 0 Å². The van der Waals surface area contributed by atoms with Crippen molar-refractivity contribution in [1.82, 2.24) is 9.88 Å². The Morgan fingerprint density at radius 3 is 2.32 bits per heavy atom. The lowest BCUT2D eigenvalue weighted by molar-refractivity contribution is -0.200. The number of hydrogen-bond acceptors (Lipinski definition) is 5. The van der Waals surface area contributed by atoms with Crippen molar-refractivity contribution in [3.05, 3.63) is 46.2 Å². The van der Waals surface area contributed by atoms with Crippen molar-refractivity contribution < 1.29 is 22.4 Å². The molecule has 1 aromatic carbocycles. The first kappa shape index (κ1) is 20.5. The second-order valence-electron chi connectivity index (χ2n) is 6.73. The highest BCUT2D eigenvalue weighted by atomic mass is 32.1. The molecule has 1 aliphatic heterocycles. The van der Waals surface area contributed by atoms with Gasteiger partial charge in [0.25, 0.3) is 5.91 Å². The number of alkyl halides is 3. The molecule has 0 unspecified atom stereocenters. The standard InChI is InChI=1S/C18H20F4N4OS/c1-11-12(2)28-16(24-11)26-8-6-25(7-9-26)15(27)17(23,18(20,21)22)13-4-3-5-14(19)10-13/h3-5,10H,6-9,23H2,1-2H3/t17-/m0/s1. The Bertz CT molecular complexity index is 857. The van der Waals surface area contributed by atoms with E-state index in [0.717, 1.165) is 38.8 Å². The van der Waals surface area contributed by atoms with Crippen LogP contribution in [-0.2, 0) is 10.3 Å². The van der Waals surface area contributed by atoms with Crippen LogP contribution in [0.4, 0.5) is 22.7 Å². The van der Waals surface area contributed by atoms with Crippen molar-refractivity contribution in [2.75, 3.05) is 31.1 Å². The lowest BCUT2D eigenvalue weighted by Gasteiger charge is -2.40. The van der Waals surface area contributed by atoms with E-state index < -0.39 is 29.0 Å². The predicted molar refractivity (Wildman–Crippen MR) is 98.7 cm³/mol. The fourth-order valence-corrected chi connectivity index (χ4v) is 4.04. The molecule has 0 spiro atoms. The first-order chi connectivity index (χ1) is 13.0. The van der Waals surface area contributed by atoms with E-state index in [1.165, 1.54) is 11.3 Å². The minimum absolute atomic E-state index is 0.0703. The van der Waals surface area contributed by atoms with Crippen molar-refractivity contribution in [1.29, 1.82) is 0 Å². The molecular formula is C18H20F4N4OS. The third kappa shape index (κ3) is 3.58. The average molecular weight is 416 g/mol. The fourth-order valence-electron chi connectivity index (χ4n) is 3.08. The van der Waals surface area contributed by atoms with Crippen LogP contribution in [0.5, 0.6) is 0 Å². The van der Waals surface area contributed by atoms with Crippen LogP contribution in [0.1, 0.15) is 16.1 Å². The lowest BCUT2D eigenvalue weighted by atomic mass is 9.88. The number of hydrogen-bond donors (Lipinski definition) is 1. The van der Waals surface area contributed by atoms with Crippen LogP contribution in [0.15, 0.2) is 24.3 Å². The van der Waals surface area contributed by atoms with Crippen LogP contribution in [0.2, 0.25) is 0 Å². The van der Waals surface area contributed by atoms with Gasteiger partial charge in [-0.3, -0.25) is 4.79 Å². The molecule has 28 heavy (non-hydrogen) atoms. The van der Waals surface area contributed by atoms with Crippen LogP contribution in [0.25, 0.3) is 0 Å². The molecular weight excluding hydrogens is 396 g/mol. The van der Waals surface area contributed by atoms with Crippen LogP contribution in [-0.4, -0.2) is 48.1 Å². The summed E-state index contributed by atoms with van der Waals surface area (Å²) in [6.07, 6.45) is -5.07. The van der Waals surface area contributed by atoms with E-state index in [4.69, 9.17) is 5.73 Å². The Hall–Kier alpha value is -2.20. The summed E-state index contributed by atoms with van der Waals surface area (Å²) in [6.45, 7) is 4.66. The molecule has 0 aliphatic carbocycles. The van der Waals surface area contributed by atoms with Gasteiger partial charge in [-0.25, -0.2) is 9.37 Å². The number of aromatic nitrogens is 1. The van der Waals surface area contributed by atoms with E-state index in [1.807, 2.05) is 18.7 Å². The van der Waals surface area contributed by atoms with Gasteiger partial charge in [0.2, 0.25) is 5.54 Å². The van der Waals surface area contributed by atoms with E-state index in [9.17, 15) is 22.4 Å². The second kappa shape index (κ2) is 7.32. The van der Waals surface area contributed by atoms with Crippen LogP contribution in [0, 0.1) is 19.7 Å². The highest BCUT2D eigenvalue weighted by Gasteiger charge is 2.60. The molecule has 0 radical (unpaired) electrons. The average Bonchev–Trinajstić information content (AvgIpc) is 2.98. The van der Waals surface area contributed by atoms with E-state index in [2.05, 4.69) is 4.98 Å². The third-order valence-corrected chi connectivity index (χ3v) is 6.05. The zero-order valence-corrected chi connectivity index (χ0v) is 16.2. The number of rotatable bonds is 3. The summed E-state index contributed by atoms with van der Waals surface area (Å²) in [6, 6.07) is 3.78. The summed E-state index contributed by atoms with van der Waals surface area (Å²) < 4.78 is 54.9. The Morgan fingerprint density at radius 1 is 1.18 bits per heavy atom. The molecule has 152 valence electrons. The van der Waals surface area contributed by atoms with Crippen LogP contribution in [0.3, 0.4) is 0 Å². The molecule has 2 aromatic rings. The van der Waals surface area contributed by atoms with Gasteiger partial charge in [0.1, 0.15) is 5.82 Å². The van der Waals surface area contributed by atoms with Crippen molar-refractivity contribution in [3.8, 4) is 0 Å². The smallest absolute Gasteiger partial charge is 0.345 e. The summed E-state index contributed by atoms with van der Waals surface area (Å²) in [7, 11) is 0. The monoisotopic (exact) mass is 416 g/mol. The molecule has 1 atom stereocenters. The molecule has 0 saturated carbocycles. The van der Waals surface area contributed by atoms with Crippen molar-refractivity contribution >= 4 is 22.4 Å². The topological polar surface area (TPSA) is 62.5 Å². The number of anilines is 1. The molecule has 1 fully saturated rings. The summed E-state index contributed by atoms with van der Waals surface area (Å²) in [5.74, 6) is -2.17. The van der Waals surface area contributed by atoms with E-state index >= 15 is 0 Å². The maximum atomic E-state index is 13.8. The molecule has 1 saturated heterocycles. The second-order valence-corrected chi connectivity index (χ2v) is 7.92. The highest BCUT2D eigenvalue weighted by Crippen LogP contribution is 2.39. The van der Waals surface area contributed by atoms with Gasteiger partial charge in [0.15, 0.2) is 5.13 Å². The Balaban J connectivity index is 1.81. The van der Waals surface area contributed by atoms with Crippen molar-refractivity contribution in [2.24, 2.45) is 5.73 Å². The Kier molecular flexibility index (Phi) is 5.37. The maximum absolute atomic E-state index is 13.8. The summed E-state index contributed by atoms with van der Waals surface area (Å²) >= 11 is 1.50. The van der Waals surface area contributed by atoms with Gasteiger partial charge < -0.3 is 15.5 Å². The number of thiazole rings is 1. The molecule has 1 aromatic heterocycles. The first-order valence-corrected chi connectivity index (χ1v) is 9.45. The largest absolute Gasteiger partial charge is 0.419 e. The Labute approximate surface area is 163 Å². The van der Waals surface area contributed by atoms with Crippen LogP contribution >= 0.6 is 11.3 Å². The molecule has 2 N–H and O–H groups in total. The number of nitrogens with two attached hydrogens (primary N) is 1. The van der Waals surface area contributed by atoms with Crippen LogP contribution < -0.4 is 10.6 Å². The molecule has 10 heteroatoms. The van der Waals surface area contributed by atoms with Gasteiger partial charge in [-0.1, -0.05) is 12.1 Å². The maximum Gasteiger partial charge on any atom is 0.419 e. The fraction of sp³-hybridized carbons (Fsp3) is 0.444. The zero-order valence-electron chi connectivity index (χ0n) is 15.4. The quantitative estimate of drug-likeness (QED) is 0.782. The number of aryl methyl sites for hydroxylation is 2. The predicted octanol–water partition coefficient (Wildman–Crippen LogP) is 2.96. The van der Waals surface area contributed by atoms with Crippen molar-refractivity contribution in [3.63, 3.8) is 0 Å². The van der Waals surface area contributed by atoms with Gasteiger partial charge in [-0.2, -0.15) is 13.2 Å². The molecule has 1 amide bonds. The molecule has 5 nitrogen and oxygen atoms in total. The number of nitrogens with zero attached hydrogens (tertiary/aromatic N) is 3. The van der Waals surface area contributed by atoms with Crippen molar-refractivity contribution in [2.45, 2.75) is 25.6 Å². The number of carbonyl (C=O) groups excluding carboxylic acids is 1. The van der Waals surface area contributed by atoms with Gasteiger partial charge in [0, 0.05) is 31.1 Å². The minimum atomic E-state index is -5.07. The minimum Gasteiger partial charge on any atom is -0.345 e. The van der Waals surface area contributed by atoms with Gasteiger partial charge in [-0.05, 0) is 31.5 Å². The molecule has 3 rings (SSSR count). The SMILES string of the molecule is Cc1nc(N2CCN(C(=O)[C@@](N)(c3cccc(F)c3)C(F)(F)F)CC2)sc1C. The van der Waals surface area contributed by atoms with Gasteiger partial charge in [-0.15, -0.1) is 11.3 Å². The highest BCUT2D eigenvalue weighted by molar-refractivity contribution is 7.15. The number of benzene rings is 1. The number of carbonyl (C=O) groups is 1. The molecule has 1 aliphatic rings. The van der Waals surface area contributed by atoms with Gasteiger partial charge >= 0.3 is 6.18 Å². The normalized spacial score (nSPS) is 17.5. The number of piperazine rings is 1. The van der Waals surface area contributed by atoms with Gasteiger partial charge in [0.05, 0.1) is 5.69 Å². The first-order valence-electron chi connectivity index (χ1n) is 8.64. The number of amides is 1. The summed E-state index contributed by atoms with van der Waals surface area (Å²) in [4.78, 5) is 21.3. The lowest BCUT2D eigenvalue weighted by Crippen LogP contribution is -2.64. The summed E-state index contributed by atoms with van der Waals surface area (Å²) in [5.41, 5.74) is 2.59. The zero-order chi connectivity index (χ0) is 20.7. The third-order valence-electron chi connectivity index (χ3n) is 4.92. The molecule has 2 heterocycles. The Morgan fingerprint density at radius 2 is 1.82 bits per heavy atom. The summed E-state index contributed by atoms with van der Waals surface area (Å²) in [5, 5.41) is 0.780. The molecule has 0 bridgehead atoms.